The highest BCUT2D eigenvalue weighted by molar-refractivity contribution is 6.03. The summed E-state index contributed by atoms with van der Waals surface area (Å²) in [7, 11) is 0. The fraction of sp³-hybridized carbons (Fsp3) is 0.182. The van der Waals surface area contributed by atoms with Crippen LogP contribution in [-0.4, -0.2) is 15.9 Å². The third kappa shape index (κ3) is 4.33. The molecule has 0 spiro atoms. The van der Waals surface area contributed by atoms with Crippen LogP contribution >= 0.6 is 0 Å². The molecule has 0 aliphatic heterocycles. The number of para-hydroxylation sites is 1. The van der Waals surface area contributed by atoms with Crippen molar-refractivity contribution >= 4 is 23.2 Å². The Morgan fingerprint density at radius 2 is 1.75 bits per heavy atom. The van der Waals surface area contributed by atoms with Crippen LogP contribution in [0, 0.1) is 18.3 Å². The summed E-state index contributed by atoms with van der Waals surface area (Å²) in [5.74, 6) is 0.487. The maximum atomic E-state index is 12.4. The average Bonchev–Trinajstić information content (AvgIpc) is 2.70. The summed E-state index contributed by atoms with van der Waals surface area (Å²) in [6, 6.07) is 14.8. The van der Waals surface area contributed by atoms with Gasteiger partial charge < -0.3 is 10.6 Å². The van der Waals surface area contributed by atoms with Gasteiger partial charge in [0.1, 0.15) is 0 Å². The number of carbonyl (C=O) groups excluding carboxylic acids is 1. The standard InChI is InChI=1S/C22H21N5O/c1-14(2)19-6-4-5-15(3)20(19)27-22-24-12-17(13-25-22)21(28)26-18-9-7-16(11-23)8-10-18/h4-10,12-14H,1-3H3,(H,26,28)(H,24,25,27). The Bertz CT molecular complexity index is 1020. The molecule has 0 aliphatic rings. The van der Waals surface area contributed by atoms with E-state index in [1.54, 1.807) is 24.3 Å². The van der Waals surface area contributed by atoms with Crippen molar-refractivity contribution in [2.75, 3.05) is 10.6 Å². The van der Waals surface area contributed by atoms with Gasteiger partial charge in [0.25, 0.3) is 5.91 Å². The van der Waals surface area contributed by atoms with E-state index < -0.39 is 0 Å². The Labute approximate surface area is 164 Å². The highest BCUT2D eigenvalue weighted by Gasteiger charge is 2.12. The highest BCUT2D eigenvalue weighted by Crippen LogP contribution is 2.29. The summed E-state index contributed by atoms with van der Waals surface area (Å²) in [4.78, 5) is 20.9. The van der Waals surface area contributed by atoms with Gasteiger partial charge in [0.05, 0.1) is 17.2 Å². The Balaban J connectivity index is 1.73. The quantitative estimate of drug-likeness (QED) is 0.674. The van der Waals surface area contributed by atoms with E-state index in [0.717, 1.165) is 11.3 Å². The zero-order valence-corrected chi connectivity index (χ0v) is 16.0. The summed E-state index contributed by atoms with van der Waals surface area (Å²) in [5.41, 5.74) is 4.78. The number of rotatable bonds is 5. The molecule has 0 saturated carbocycles. The number of hydrogen-bond acceptors (Lipinski definition) is 5. The van der Waals surface area contributed by atoms with Crippen molar-refractivity contribution < 1.29 is 4.79 Å². The normalized spacial score (nSPS) is 10.4. The van der Waals surface area contributed by atoms with E-state index >= 15 is 0 Å². The summed E-state index contributed by atoms with van der Waals surface area (Å²) < 4.78 is 0. The van der Waals surface area contributed by atoms with Crippen molar-refractivity contribution in [3.63, 3.8) is 0 Å². The van der Waals surface area contributed by atoms with Gasteiger partial charge in [0.2, 0.25) is 5.95 Å². The van der Waals surface area contributed by atoms with Gasteiger partial charge in [-0.15, -0.1) is 0 Å². The monoisotopic (exact) mass is 371 g/mol. The molecule has 0 bridgehead atoms. The minimum absolute atomic E-state index is 0.310. The van der Waals surface area contributed by atoms with Crippen molar-refractivity contribution in [1.29, 1.82) is 5.26 Å². The molecule has 1 aromatic heterocycles. The van der Waals surface area contributed by atoms with Gasteiger partial charge in [-0.2, -0.15) is 5.26 Å². The third-order valence-corrected chi connectivity index (χ3v) is 4.35. The first-order valence-electron chi connectivity index (χ1n) is 8.98. The van der Waals surface area contributed by atoms with E-state index in [0.29, 0.717) is 28.7 Å². The molecule has 1 heterocycles. The van der Waals surface area contributed by atoms with Crippen LogP contribution < -0.4 is 10.6 Å². The average molecular weight is 371 g/mol. The molecule has 0 radical (unpaired) electrons. The van der Waals surface area contributed by atoms with Crippen molar-refractivity contribution in [1.82, 2.24) is 9.97 Å². The molecule has 6 nitrogen and oxygen atoms in total. The van der Waals surface area contributed by atoms with Gasteiger partial charge in [-0.3, -0.25) is 4.79 Å². The molecular weight excluding hydrogens is 350 g/mol. The minimum atomic E-state index is -0.310. The number of nitrogens with zero attached hydrogens (tertiary/aromatic N) is 3. The molecule has 0 aliphatic carbocycles. The van der Waals surface area contributed by atoms with Crippen molar-refractivity contribution in [3.8, 4) is 6.07 Å². The number of aromatic nitrogens is 2. The largest absolute Gasteiger partial charge is 0.324 e. The van der Waals surface area contributed by atoms with Crippen molar-refractivity contribution in [3.05, 3.63) is 77.1 Å². The highest BCUT2D eigenvalue weighted by atomic mass is 16.1. The Hall–Kier alpha value is -3.72. The summed E-state index contributed by atoms with van der Waals surface area (Å²) >= 11 is 0. The number of benzene rings is 2. The van der Waals surface area contributed by atoms with Gasteiger partial charge in [-0.1, -0.05) is 32.0 Å². The summed E-state index contributed by atoms with van der Waals surface area (Å²) in [5, 5.41) is 14.9. The van der Waals surface area contributed by atoms with Crippen molar-refractivity contribution in [2.24, 2.45) is 0 Å². The van der Waals surface area contributed by atoms with Gasteiger partial charge in [-0.25, -0.2) is 9.97 Å². The first kappa shape index (κ1) is 19.1. The van der Waals surface area contributed by atoms with Crippen LogP contribution in [0.5, 0.6) is 0 Å². The van der Waals surface area contributed by atoms with Crippen LogP contribution in [0.25, 0.3) is 0 Å². The van der Waals surface area contributed by atoms with Crippen LogP contribution in [0.1, 0.15) is 46.8 Å². The minimum Gasteiger partial charge on any atom is -0.324 e. The Morgan fingerprint density at radius 1 is 1.07 bits per heavy atom. The smallest absolute Gasteiger partial charge is 0.258 e. The van der Waals surface area contributed by atoms with Gasteiger partial charge >= 0.3 is 0 Å². The molecule has 0 atom stereocenters. The Morgan fingerprint density at radius 3 is 2.36 bits per heavy atom. The van der Waals surface area contributed by atoms with Crippen LogP contribution in [0.2, 0.25) is 0 Å². The fourth-order valence-electron chi connectivity index (χ4n) is 2.80. The second-order valence-corrected chi connectivity index (χ2v) is 6.76. The SMILES string of the molecule is Cc1cccc(C(C)C)c1Nc1ncc(C(=O)Nc2ccc(C#N)cc2)cn1. The lowest BCUT2D eigenvalue weighted by Gasteiger charge is -2.16. The second kappa shape index (κ2) is 8.31. The predicted molar refractivity (Wildman–Crippen MR) is 110 cm³/mol. The fourth-order valence-corrected chi connectivity index (χ4v) is 2.80. The lowest BCUT2D eigenvalue weighted by molar-refractivity contribution is 0.102. The molecular formula is C22H21N5O. The van der Waals surface area contributed by atoms with Crippen LogP contribution in [0.15, 0.2) is 54.9 Å². The van der Waals surface area contributed by atoms with E-state index in [-0.39, 0.29) is 5.91 Å². The number of anilines is 3. The molecule has 0 unspecified atom stereocenters. The van der Waals surface area contributed by atoms with Crippen LogP contribution in [-0.2, 0) is 0 Å². The number of amides is 1. The zero-order chi connectivity index (χ0) is 20.1. The second-order valence-electron chi connectivity index (χ2n) is 6.76. The predicted octanol–water partition coefficient (Wildman–Crippen LogP) is 4.78. The number of carbonyl (C=O) groups is 1. The lowest BCUT2D eigenvalue weighted by Crippen LogP contribution is -2.13. The lowest BCUT2D eigenvalue weighted by atomic mass is 9.98. The summed E-state index contributed by atoms with van der Waals surface area (Å²) in [6.45, 7) is 6.31. The number of nitrogens with one attached hydrogen (secondary N) is 2. The van der Waals surface area contributed by atoms with Gasteiger partial charge in [0.15, 0.2) is 0 Å². The number of hydrogen-bond donors (Lipinski definition) is 2. The molecule has 2 aromatic carbocycles. The molecule has 1 amide bonds. The molecule has 0 saturated heterocycles. The van der Waals surface area contributed by atoms with Crippen LogP contribution in [0.3, 0.4) is 0 Å². The van der Waals surface area contributed by atoms with Gasteiger partial charge in [-0.05, 0) is 48.2 Å². The topological polar surface area (TPSA) is 90.7 Å². The zero-order valence-electron chi connectivity index (χ0n) is 16.0. The third-order valence-electron chi connectivity index (χ3n) is 4.35. The molecule has 0 fully saturated rings. The van der Waals surface area contributed by atoms with E-state index in [4.69, 9.17) is 5.26 Å². The molecule has 6 heteroatoms. The maximum Gasteiger partial charge on any atom is 0.258 e. The molecule has 3 aromatic rings. The first-order valence-corrected chi connectivity index (χ1v) is 8.98. The molecule has 2 N–H and O–H groups in total. The first-order chi connectivity index (χ1) is 13.5. The van der Waals surface area contributed by atoms with E-state index in [2.05, 4.69) is 40.5 Å². The van der Waals surface area contributed by atoms with E-state index in [1.807, 2.05) is 25.1 Å². The number of nitriles is 1. The number of aryl methyl sites for hydroxylation is 1. The van der Waals surface area contributed by atoms with E-state index in [9.17, 15) is 4.79 Å². The molecule has 3 rings (SSSR count). The molecule has 28 heavy (non-hydrogen) atoms. The van der Waals surface area contributed by atoms with Crippen LogP contribution in [0.4, 0.5) is 17.3 Å². The maximum absolute atomic E-state index is 12.4. The molecule has 140 valence electrons. The van der Waals surface area contributed by atoms with Crippen molar-refractivity contribution in [2.45, 2.75) is 26.7 Å². The Kier molecular flexibility index (Phi) is 5.66. The van der Waals surface area contributed by atoms with E-state index in [1.165, 1.54) is 18.0 Å². The summed E-state index contributed by atoms with van der Waals surface area (Å²) in [6.07, 6.45) is 2.98. The van der Waals surface area contributed by atoms with Gasteiger partial charge in [0, 0.05) is 23.8 Å².